The highest BCUT2D eigenvalue weighted by atomic mass is 15.2. The average Bonchev–Trinajstić information content (AvgIpc) is 2.30. The number of nitrogens with zero attached hydrogens (tertiary/aromatic N) is 2. The third kappa shape index (κ3) is 2.22. The monoisotopic (exact) mass is 205 g/mol. The van der Waals surface area contributed by atoms with E-state index in [0.29, 0.717) is 6.04 Å². The smallest absolute Gasteiger partial charge is 0.127 e. The Labute approximate surface area is 91.5 Å². The van der Waals surface area contributed by atoms with Gasteiger partial charge in [0.1, 0.15) is 5.82 Å². The molecule has 0 radical (unpaired) electrons. The van der Waals surface area contributed by atoms with E-state index in [1.165, 1.54) is 31.5 Å². The molecule has 2 heterocycles. The van der Waals surface area contributed by atoms with Gasteiger partial charge in [-0.25, -0.2) is 4.98 Å². The zero-order chi connectivity index (χ0) is 10.7. The molecule has 1 aliphatic rings. The van der Waals surface area contributed by atoms with Crippen molar-refractivity contribution >= 4 is 11.5 Å². The van der Waals surface area contributed by atoms with Gasteiger partial charge >= 0.3 is 0 Å². The molecule has 1 unspecified atom stereocenters. The average molecular weight is 205 g/mol. The Morgan fingerprint density at radius 1 is 1.47 bits per heavy atom. The summed E-state index contributed by atoms with van der Waals surface area (Å²) in [4.78, 5) is 6.72. The zero-order valence-corrected chi connectivity index (χ0v) is 9.53. The number of nitrogens with one attached hydrogen (secondary N) is 1. The van der Waals surface area contributed by atoms with Crippen molar-refractivity contribution in [2.45, 2.75) is 32.2 Å². The van der Waals surface area contributed by atoms with Gasteiger partial charge in [0.25, 0.3) is 0 Å². The van der Waals surface area contributed by atoms with Gasteiger partial charge in [-0.15, -0.1) is 0 Å². The Kier molecular flexibility index (Phi) is 3.09. The summed E-state index contributed by atoms with van der Waals surface area (Å²) in [5, 5.41) is 3.08. The Balaban J connectivity index is 2.19. The van der Waals surface area contributed by atoms with Crippen LogP contribution in [0.15, 0.2) is 18.3 Å². The van der Waals surface area contributed by atoms with E-state index in [4.69, 9.17) is 0 Å². The summed E-state index contributed by atoms with van der Waals surface area (Å²) in [7, 11) is 1.91. The first kappa shape index (κ1) is 10.3. The molecular weight excluding hydrogens is 186 g/mol. The fraction of sp³-hybridized carbons (Fsp3) is 0.583. The number of anilines is 2. The van der Waals surface area contributed by atoms with Crippen molar-refractivity contribution in [2.24, 2.45) is 0 Å². The molecule has 1 N–H and O–H groups in total. The summed E-state index contributed by atoms with van der Waals surface area (Å²) in [5.74, 6) is 0.949. The fourth-order valence-electron chi connectivity index (χ4n) is 2.22. The van der Waals surface area contributed by atoms with Crippen LogP contribution in [0.4, 0.5) is 11.5 Å². The van der Waals surface area contributed by atoms with E-state index in [1.807, 2.05) is 13.2 Å². The van der Waals surface area contributed by atoms with Gasteiger partial charge in [0.15, 0.2) is 0 Å². The molecule has 1 aliphatic heterocycles. The zero-order valence-electron chi connectivity index (χ0n) is 9.53. The Morgan fingerprint density at radius 3 is 3.07 bits per heavy atom. The number of hydrogen-bond acceptors (Lipinski definition) is 3. The van der Waals surface area contributed by atoms with Crippen LogP contribution in [0, 0.1) is 0 Å². The molecule has 1 saturated heterocycles. The lowest BCUT2D eigenvalue weighted by Gasteiger charge is -2.35. The highest BCUT2D eigenvalue weighted by Crippen LogP contribution is 2.25. The molecule has 0 aromatic carbocycles. The highest BCUT2D eigenvalue weighted by Gasteiger charge is 2.18. The maximum absolute atomic E-state index is 4.24. The summed E-state index contributed by atoms with van der Waals surface area (Å²) in [5.41, 5.74) is 1.29. The number of pyridine rings is 1. The van der Waals surface area contributed by atoms with Crippen molar-refractivity contribution < 1.29 is 0 Å². The van der Waals surface area contributed by atoms with E-state index in [1.54, 1.807) is 0 Å². The first-order valence-electron chi connectivity index (χ1n) is 5.71. The van der Waals surface area contributed by atoms with Crippen LogP contribution in [-0.2, 0) is 0 Å². The minimum Gasteiger partial charge on any atom is -0.373 e. The van der Waals surface area contributed by atoms with Crippen LogP contribution in [0.25, 0.3) is 0 Å². The lowest BCUT2D eigenvalue weighted by Crippen LogP contribution is -2.37. The minimum atomic E-state index is 0.658. The highest BCUT2D eigenvalue weighted by molar-refractivity contribution is 5.54. The molecule has 15 heavy (non-hydrogen) atoms. The number of hydrogen-bond donors (Lipinski definition) is 1. The minimum absolute atomic E-state index is 0.658. The van der Waals surface area contributed by atoms with Gasteiger partial charge in [0, 0.05) is 37.6 Å². The summed E-state index contributed by atoms with van der Waals surface area (Å²) in [6.07, 6.45) is 5.85. The topological polar surface area (TPSA) is 28.2 Å². The van der Waals surface area contributed by atoms with E-state index < -0.39 is 0 Å². The van der Waals surface area contributed by atoms with Crippen molar-refractivity contribution in [2.75, 3.05) is 23.8 Å². The van der Waals surface area contributed by atoms with Crippen molar-refractivity contribution in [3.63, 3.8) is 0 Å². The van der Waals surface area contributed by atoms with E-state index >= 15 is 0 Å². The van der Waals surface area contributed by atoms with Crippen molar-refractivity contribution in [1.82, 2.24) is 4.98 Å². The molecule has 1 aromatic heterocycles. The van der Waals surface area contributed by atoms with Crippen LogP contribution in [0.5, 0.6) is 0 Å². The Hall–Kier alpha value is -1.25. The van der Waals surface area contributed by atoms with Crippen LogP contribution in [0.3, 0.4) is 0 Å². The van der Waals surface area contributed by atoms with E-state index in [9.17, 15) is 0 Å². The maximum Gasteiger partial charge on any atom is 0.127 e. The lowest BCUT2D eigenvalue weighted by atomic mass is 10.0. The largest absolute Gasteiger partial charge is 0.373 e. The second-order valence-corrected chi connectivity index (χ2v) is 4.19. The molecule has 3 nitrogen and oxygen atoms in total. The fourth-order valence-corrected chi connectivity index (χ4v) is 2.22. The normalized spacial score (nSPS) is 21.5. The summed E-state index contributed by atoms with van der Waals surface area (Å²) >= 11 is 0. The molecule has 0 amide bonds. The molecule has 2 rings (SSSR count). The van der Waals surface area contributed by atoms with Gasteiger partial charge in [-0.1, -0.05) is 0 Å². The molecule has 0 aliphatic carbocycles. The summed E-state index contributed by atoms with van der Waals surface area (Å²) in [6, 6.07) is 4.88. The third-order valence-corrected chi connectivity index (χ3v) is 3.13. The summed E-state index contributed by atoms with van der Waals surface area (Å²) < 4.78 is 0. The maximum atomic E-state index is 4.24. The lowest BCUT2D eigenvalue weighted by molar-refractivity contribution is 0.485. The molecule has 3 heteroatoms. The second-order valence-electron chi connectivity index (χ2n) is 4.19. The first-order valence-corrected chi connectivity index (χ1v) is 5.71. The van der Waals surface area contributed by atoms with Crippen LogP contribution in [0.1, 0.15) is 26.2 Å². The molecule has 0 saturated carbocycles. The molecule has 1 atom stereocenters. The van der Waals surface area contributed by atoms with E-state index in [-0.39, 0.29) is 0 Å². The number of aromatic nitrogens is 1. The Morgan fingerprint density at radius 2 is 2.33 bits per heavy atom. The van der Waals surface area contributed by atoms with Crippen LogP contribution in [-0.4, -0.2) is 24.6 Å². The van der Waals surface area contributed by atoms with Crippen LogP contribution < -0.4 is 10.2 Å². The third-order valence-electron chi connectivity index (χ3n) is 3.13. The van der Waals surface area contributed by atoms with Gasteiger partial charge in [0.2, 0.25) is 0 Å². The van der Waals surface area contributed by atoms with Crippen molar-refractivity contribution in [1.29, 1.82) is 0 Å². The predicted molar refractivity (Wildman–Crippen MR) is 64.4 cm³/mol. The predicted octanol–water partition coefficient (Wildman–Crippen LogP) is 2.50. The molecule has 1 fully saturated rings. The van der Waals surface area contributed by atoms with Gasteiger partial charge in [-0.05, 0) is 32.3 Å². The SMILES string of the molecule is CNc1cc(N2CCCCC2C)ccn1. The van der Waals surface area contributed by atoms with Crippen LogP contribution in [0.2, 0.25) is 0 Å². The second kappa shape index (κ2) is 4.51. The number of piperidine rings is 1. The molecule has 1 aromatic rings. The van der Waals surface area contributed by atoms with Gasteiger partial charge < -0.3 is 10.2 Å². The van der Waals surface area contributed by atoms with E-state index in [2.05, 4.69) is 34.3 Å². The molecule has 0 bridgehead atoms. The van der Waals surface area contributed by atoms with Crippen molar-refractivity contribution in [3.05, 3.63) is 18.3 Å². The van der Waals surface area contributed by atoms with Gasteiger partial charge in [-0.3, -0.25) is 0 Å². The molecular formula is C12H19N3. The van der Waals surface area contributed by atoms with Crippen LogP contribution >= 0.6 is 0 Å². The standard InChI is InChI=1S/C12H19N3/c1-10-5-3-4-8-15(10)11-6-7-14-12(9-11)13-2/h6-7,9-10H,3-5,8H2,1-2H3,(H,13,14). The Bertz CT molecular complexity index is 324. The first-order chi connectivity index (χ1) is 7.31. The van der Waals surface area contributed by atoms with Gasteiger partial charge in [-0.2, -0.15) is 0 Å². The van der Waals surface area contributed by atoms with E-state index in [0.717, 1.165) is 5.82 Å². The molecule has 0 spiro atoms. The molecule has 82 valence electrons. The van der Waals surface area contributed by atoms with Crippen molar-refractivity contribution in [3.8, 4) is 0 Å². The summed E-state index contributed by atoms with van der Waals surface area (Å²) in [6.45, 7) is 3.48. The van der Waals surface area contributed by atoms with Gasteiger partial charge in [0.05, 0.1) is 0 Å². The number of rotatable bonds is 2. The quantitative estimate of drug-likeness (QED) is 0.804.